The Labute approximate surface area is 135 Å². The number of rotatable bonds is 3. The van der Waals surface area contributed by atoms with Gasteiger partial charge in [0.05, 0.1) is 16.2 Å². The van der Waals surface area contributed by atoms with Crippen LogP contribution in [0.5, 0.6) is 0 Å². The zero-order valence-corrected chi connectivity index (χ0v) is 13.4. The van der Waals surface area contributed by atoms with E-state index in [0.29, 0.717) is 0 Å². The summed E-state index contributed by atoms with van der Waals surface area (Å²) in [6.45, 7) is 0. The zero-order valence-electron chi connectivity index (χ0n) is 12.6. The minimum atomic E-state index is 0.756. The van der Waals surface area contributed by atoms with E-state index < -0.39 is 0 Å². The van der Waals surface area contributed by atoms with Gasteiger partial charge in [-0.05, 0) is 35.4 Å². The van der Waals surface area contributed by atoms with Crippen LogP contribution in [0, 0.1) is 0 Å². The highest BCUT2D eigenvalue weighted by molar-refractivity contribution is 6.33. The first-order valence-corrected chi connectivity index (χ1v) is 7.51. The Morgan fingerprint density at radius 2 is 1.82 bits per heavy atom. The molecule has 22 heavy (non-hydrogen) atoms. The van der Waals surface area contributed by atoms with Crippen LogP contribution in [0.25, 0.3) is 23.1 Å². The third-order valence-corrected chi connectivity index (χ3v) is 3.89. The first-order chi connectivity index (χ1) is 10.6. The van der Waals surface area contributed by atoms with Crippen molar-refractivity contribution >= 4 is 40.3 Å². The number of benzene rings is 2. The summed E-state index contributed by atoms with van der Waals surface area (Å²) in [5.41, 5.74) is 4.26. The lowest BCUT2D eigenvalue weighted by molar-refractivity contribution is 1.13. The second-order valence-electron chi connectivity index (χ2n) is 5.36. The van der Waals surface area contributed by atoms with Gasteiger partial charge in [0, 0.05) is 25.7 Å². The topological polar surface area (TPSA) is 16.1 Å². The average Bonchev–Trinajstić information content (AvgIpc) is 2.52. The lowest BCUT2D eigenvalue weighted by atomic mass is 10.1. The van der Waals surface area contributed by atoms with Crippen LogP contribution in [0.15, 0.2) is 54.7 Å². The van der Waals surface area contributed by atoms with Crippen molar-refractivity contribution in [3.05, 3.63) is 70.9 Å². The fraction of sp³-hybridized carbons (Fsp3) is 0.105. The highest BCUT2D eigenvalue weighted by atomic mass is 35.5. The van der Waals surface area contributed by atoms with Crippen molar-refractivity contribution in [2.24, 2.45) is 0 Å². The standard InChI is InChI=1S/C19H17ClN2/c1-22(2)19-10-8-14(13-17(19)20)7-9-15-11-12-21-18-6-4-3-5-16(15)18/h3-13H,1-2H3/b9-7-. The van der Waals surface area contributed by atoms with Gasteiger partial charge in [0.2, 0.25) is 0 Å². The van der Waals surface area contributed by atoms with Crippen LogP contribution in [-0.2, 0) is 0 Å². The number of hydrogen-bond donors (Lipinski definition) is 0. The van der Waals surface area contributed by atoms with E-state index in [1.807, 2.05) is 61.6 Å². The van der Waals surface area contributed by atoms with Crippen LogP contribution >= 0.6 is 11.6 Å². The molecule has 3 heteroatoms. The molecule has 0 fully saturated rings. The Kier molecular flexibility index (Phi) is 4.12. The lowest BCUT2D eigenvalue weighted by Gasteiger charge is -2.14. The number of pyridine rings is 1. The van der Waals surface area contributed by atoms with Gasteiger partial charge in [-0.1, -0.05) is 48.0 Å². The van der Waals surface area contributed by atoms with Crippen molar-refractivity contribution in [2.45, 2.75) is 0 Å². The number of fused-ring (bicyclic) bond motifs is 1. The summed E-state index contributed by atoms with van der Waals surface area (Å²) in [6.07, 6.45) is 6.02. The van der Waals surface area contributed by atoms with E-state index in [9.17, 15) is 0 Å². The molecule has 0 aliphatic rings. The van der Waals surface area contributed by atoms with E-state index in [1.165, 1.54) is 0 Å². The summed E-state index contributed by atoms with van der Waals surface area (Å²) >= 11 is 6.32. The van der Waals surface area contributed by atoms with Crippen molar-refractivity contribution in [2.75, 3.05) is 19.0 Å². The Morgan fingerprint density at radius 1 is 1.00 bits per heavy atom. The summed E-state index contributed by atoms with van der Waals surface area (Å²) in [5, 5.41) is 1.91. The number of nitrogens with zero attached hydrogens (tertiary/aromatic N) is 2. The number of hydrogen-bond acceptors (Lipinski definition) is 2. The molecule has 0 saturated carbocycles. The molecule has 0 radical (unpaired) electrons. The predicted octanol–water partition coefficient (Wildman–Crippen LogP) is 5.12. The third-order valence-electron chi connectivity index (χ3n) is 3.59. The second kappa shape index (κ2) is 6.20. The van der Waals surface area contributed by atoms with Gasteiger partial charge in [-0.25, -0.2) is 0 Å². The Balaban J connectivity index is 1.95. The van der Waals surface area contributed by atoms with Crippen LogP contribution in [-0.4, -0.2) is 19.1 Å². The molecule has 0 spiro atoms. The minimum Gasteiger partial charge on any atom is -0.376 e. The Morgan fingerprint density at radius 3 is 2.59 bits per heavy atom. The summed E-state index contributed by atoms with van der Waals surface area (Å²) in [5.74, 6) is 0. The van der Waals surface area contributed by atoms with E-state index >= 15 is 0 Å². The van der Waals surface area contributed by atoms with E-state index in [1.54, 1.807) is 0 Å². The van der Waals surface area contributed by atoms with Crippen molar-refractivity contribution in [3.63, 3.8) is 0 Å². The Bertz CT molecular complexity index is 832. The van der Waals surface area contributed by atoms with E-state index in [-0.39, 0.29) is 0 Å². The van der Waals surface area contributed by atoms with Gasteiger partial charge in [-0.3, -0.25) is 4.98 Å². The van der Waals surface area contributed by atoms with Crippen LogP contribution in [0.1, 0.15) is 11.1 Å². The molecule has 0 aliphatic carbocycles. The monoisotopic (exact) mass is 308 g/mol. The molecule has 0 atom stereocenters. The normalized spacial score (nSPS) is 11.2. The molecule has 3 rings (SSSR count). The van der Waals surface area contributed by atoms with E-state index in [0.717, 1.165) is 32.7 Å². The van der Waals surface area contributed by atoms with Gasteiger partial charge in [-0.2, -0.15) is 0 Å². The summed E-state index contributed by atoms with van der Waals surface area (Å²) in [6, 6.07) is 16.3. The maximum absolute atomic E-state index is 6.32. The molecular weight excluding hydrogens is 292 g/mol. The molecule has 1 heterocycles. The Hall–Kier alpha value is -2.32. The molecule has 0 amide bonds. The molecule has 0 bridgehead atoms. The number of anilines is 1. The molecular formula is C19H17ClN2. The summed E-state index contributed by atoms with van der Waals surface area (Å²) in [7, 11) is 3.97. The van der Waals surface area contributed by atoms with Crippen molar-refractivity contribution in [3.8, 4) is 0 Å². The molecule has 0 saturated heterocycles. The summed E-state index contributed by atoms with van der Waals surface area (Å²) < 4.78 is 0. The molecule has 3 aromatic rings. The van der Waals surface area contributed by atoms with Crippen LogP contribution in [0.4, 0.5) is 5.69 Å². The van der Waals surface area contributed by atoms with Crippen LogP contribution in [0.3, 0.4) is 0 Å². The molecule has 0 N–H and O–H groups in total. The maximum Gasteiger partial charge on any atom is 0.0707 e. The SMILES string of the molecule is CN(C)c1ccc(/C=C\c2ccnc3ccccc23)cc1Cl. The maximum atomic E-state index is 6.32. The van der Waals surface area contributed by atoms with Crippen molar-refractivity contribution in [1.82, 2.24) is 4.98 Å². The first-order valence-electron chi connectivity index (χ1n) is 7.14. The van der Waals surface area contributed by atoms with Gasteiger partial charge >= 0.3 is 0 Å². The lowest BCUT2D eigenvalue weighted by Crippen LogP contribution is -2.08. The molecule has 2 aromatic carbocycles. The molecule has 0 unspecified atom stereocenters. The first kappa shape index (κ1) is 14.6. The molecule has 0 aliphatic heterocycles. The molecule has 2 nitrogen and oxygen atoms in total. The minimum absolute atomic E-state index is 0.756. The fourth-order valence-corrected chi connectivity index (χ4v) is 2.80. The highest BCUT2D eigenvalue weighted by Crippen LogP contribution is 2.26. The van der Waals surface area contributed by atoms with Crippen molar-refractivity contribution in [1.29, 1.82) is 0 Å². The quantitative estimate of drug-likeness (QED) is 0.667. The van der Waals surface area contributed by atoms with Gasteiger partial charge in [0.1, 0.15) is 0 Å². The third kappa shape index (κ3) is 2.97. The van der Waals surface area contributed by atoms with Crippen molar-refractivity contribution < 1.29 is 0 Å². The van der Waals surface area contributed by atoms with E-state index in [2.05, 4.69) is 29.3 Å². The number of para-hydroxylation sites is 1. The average molecular weight is 309 g/mol. The predicted molar refractivity (Wildman–Crippen MR) is 96.5 cm³/mol. The van der Waals surface area contributed by atoms with Crippen LogP contribution in [0.2, 0.25) is 5.02 Å². The number of aromatic nitrogens is 1. The number of halogens is 1. The van der Waals surface area contributed by atoms with Gasteiger partial charge < -0.3 is 4.90 Å². The van der Waals surface area contributed by atoms with E-state index in [4.69, 9.17) is 11.6 Å². The highest BCUT2D eigenvalue weighted by Gasteiger charge is 2.02. The van der Waals surface area contributed by atoms with Gasteiger partial charge in [0.25, 0.3) is 0 Å². The smallest absolute Gasteiger partial charge is 0.0707 e. The summed E-state index contributed by atoms with van der Waals surface area (Å²) in [4.78, 5) is 6.39. The zero-order chi connectivity index (χ0) is 15.5. The second-order valence-corrected chi connectivity index (χ2v) is 5.76. The molecule has 1 aromatic heterocycles. The molecule has 110 valence electrons. The fourth-order valence-electron chi connectivity index (χ4n) is 2.44. The van der Waals surface area contributed by atoms with Gasteiger partial charge in [-0.15, -0.1) is 0 Å². The van der Waals surface area contributed by atoms with Gasteiger partial charge in [0.15, 0.2) is 0 Å². The largest absolute Gasteiger partial charge is 0.376 e. The van der Waals surface area contributed by atoms with Crippen LogP contribution < -0.4 is 4.90 Å².